The zero-order valence-corrected chi connectivity index (χ0v) is 17.6. The summed E-state index contributed by atoms with van der Waals surface area (Å²) in [7, 11) is 0. The molecule has 4 rings (SSSR count). The molecule has 2 aromatic heterocycles. The number of amides is 1. The number of carbonyl (C=O) groups excluding carboxylic acids is 2. The van der Waals surface area contributed by atoms with Gasteiger partial charge in [0.05, 0.1) is 13.2 Å². The van der Waals surface area contributed by atoms with E-state index in [1.165, 1.54) is 16.8 Å². The van der Waals surface area contributed by atoms with Gasteiger partial charge in [-0.25, -0.2) is 14.1 Å². The second-order valence-electron chi connectivity index (χ2n) is 7.63. The SMILES string of the molecule is CCOC(=O)CC(=O)N1CCC(c2nc3c(nnn3Cc3ccc(F)cc3)c(=O)[nH]2)CC1. The first-order valence-electron chi connectivity index (χ1n) is 10.5. The second-order valence-corrected chi connectivity index (χ2v) is 7.63. The van der Waals surface area contributed by atoms with E-state index in [2.05, 4.69) is 20.3 Å². The van der Waals surface area contributed by atoms with Gasteiger partial charge in [-0.15, -0.1) is 5.10 Å². The molecule has 0 atom stereocenters. The van der Waals surface area contributed by atoms with E-state index in [0.29, 0.717) is 43.9 Å². The number of likely N-dealkylation sites (tertiary alicyclic amines) is 1. The quantitative estimate of drug-likeness (QED) is 0.452. The fourth-order valence-corrected chi connectivity index (χ4v) is 3.80. The minimum atomic E-state index is -0.530. The van der Waals surface area contributed by atoms with Gasteiger partial charge in [0.15, 0.2) is 11.2 Å². The molecule has 1 fully saturated rings. The number of aromatic amines is 1. The highest BCUT2D eigenvalue weighted by Gasteiger charge is 2.27. The Labute approximate surface area is 182 Å². The van der Waals surface area contributed by atoms with Crippen LogP contribution in [0, 0.1) is 5.82 Å². The first-order chi connectivity index (χ1) is 15.4. The summed E-state index contributed by atoms with van der Waals surface area (Å²) in [5.41, 5.74) is 0.915. The Hall–Kier alpha value is -3.63. The number of hydrogen-bond donors (Lipinski definition) is 1. The maximum Gasteiger partial charge on any atom is 0.315 e. The van der Waals surface area contributed by atoms with Crippen molar-refractivity contribution in [2.24, 2.45) is 0 Å². The number of hydrogen-bond acceptors (Lipinski definition) is 7. The van der Waals surface area contributed by atoms with Gasteiger partial charge in [0, 0.05) is 19.0 Å². The molecule has 3 aromatic rings. The molecule has 1 aromatic carbocycles. The van der Waals surface area contributed by atoms with E-state index >= 15 is 0 Å². The molecule has 0 radical (unpaired) electrons. The summed E-state index contributed by atoms with van der Waals surface area (Å²) < 4.78 is 19.5. The maximum absolute atomic E-state index is 13.2. The first-order valence-corrected chi connectivity index (χ1v) is 10.5. The summed E-state index contributed by atoms with van der Waals surface area (Å²) in [5, 5.41) is 7.96. The summed E-state index contributed by atoms with van der Waals surface area (Å²) in [4.78, 5) is 45.4. The molecular formula is C21H23FN6O4. The van der Waals surface area contributed by atoms with Gasteiger partial charge >= 0.3 is 5.97 Å². The third kappa shape index (κ3) is 4.66. The molecule has 10 nitrogen and oxygen atoms in total. The topological polar surface area (TPSA) is 123 Å². The molecule has 3 heterocycles. The predicted octanol–water partition coefficient (Wildman–Crippen LogP) is 1.36. The number of rotatable bonds is 6. The Morgan fingerprint density at radius 2 is 1.94 bits per heavy atom. The second kappa shape index (κ2) is 9.25. The van der Waals surface area contributed by atoms with Crippen molar-refractivity contribution < 1.29 is 18.7 Å². The zero-order valence-electron chi connectivity index (χ0n) is 17.6. The highest BCUT2D eigenvalue weighted by atomic mass is 19.1. The van der Waals surface area contributed by atoms with Gasteiger partial charge in [-0.1, -0.05) is 17.3 Å². The maximum atomic E-state index is 13.2. The van der Waals surface area contributed by atoms with Crippen molar-refractivity contribution in [3.63, 3.8) is 0 Å². The number of piperidine rings is 1. The summed E-state index contributed by atoms with van der Waals surface area (Å²) in [6.45, 7) is 3.14. The molecule has 1 N–H and O–H groups in total. The predicted molar refractivity (Wildman–Crippen MR) is 111 cm³/mol. The van der Waals surface area contributed by atoms with E-state index in [9.17, 15) is 18.8 Å². The first kappa shape index (κ1) is 21.6. The lowest BCUT2D eigenvalue weighted by atomic mass is 9.95. The summed E-state index contributed by atoms with van der Waals surface area (Å²) in [6, 6.07) is 5.99. The number of aromatic nitrogens is 5. The van der Waals surface area contributed by atoms with Crippen molar-refractivity contribution in [1.29, 1.82) is 0 Å². The van der Waals surface area contributed by atoms with Crippen molar-refractivity contribution in [2.75, 3.05) is 19.7 Å². The Balaban J connectivity index is 1.48. The van der Waals surface area contributed by atoms with Crippen LogP contribution in [-0.2, 0) is 20.9 Å². The molecule has 11 heteroatoms. The van der Waals surface area contributed by atoms with Gasteiger partial charge in [-0.05, 0) is 37.5 Å². The Kier molecular flexibility index (Phi) is 6.24. The van der Waals surface area contributed by atoms with Crippen molar-refractivity contribution in [2.45, 2.75) is 38.6 Å². The van der Waals surface area contributed by atoms with Gasteiger partial charge < -0.3 is 14.6 Å². The van der Waals surface area contributed by atoms with Crippen LogP contribution in [0.4, 0.5) is 4.39 Å². The fraction of sp³-hybridized carbons (Fsp3) is 0.429. The van der Waals surface area contributed by atoms with Crippen LogP contribution >= 0.6 is 0 Å². The summed E-state index contributed by atoms with van der Waals surface area (Å²) in [6.07, 6.45) is 0.929. The molecule has 1 amide bonds. The van der Waals surface area contributed by atoms with Gasteiger partial charge in [0.2, 0.25) is 5.91 Å². The number of carbonyl (C=O) groups is 2. The molecule has 0 saturated carbocycles. The van der Waals surface area contributed by atoms with E-state index in [-0.39, 0.29) is 41.7 Å². The Morgan fingerprint density at radius 3 is 2.62 bits per heavy atom. The molecule has 1 aliphatic heterocycles. The van der Waals surface area contributed by atoms with Crippen LogP contribution in [0.5, 0.6) is 0 Å². The molecule has 0 bridgehead atoms. The van der Waals surface area contributed by atoms with E-state index in [0.717, 1.165) is 5.56 Å². The van der Waals surface area contributed by atoms with E-state index in [4.69, 9.17) is 4.74 Å². The van der Waals surface area contributed by atoms with Gasteiger partial charge in [-0.2, -0.15) is 0 Å². The van der Waals surface area contributed by atoms with Crippen LogP contribution in [0.2, 0.25) is 0 Å². The van der Waals surface area contributed by atoms with Crippen LogP contribution in [0.1, 0.15) is 43.5 Å². The van der Waals surface area contributed by atoms with E-state index in [1.807, 2.05) is 0 Å². The number of esters is 1. The monoisotopic (exact) mass is 442 g/mol. The minimum absolute atomic E-state index is 0.0482. The Bertz CT molecular complexity index is 1180. The lowest BCUT2D eigenvalue weighted by molar-refractivity contribution is -0.149. The normalized spacial score (nSPS) is 14.6. The van der Waals surface area contributed by atoms with Gasteiger partial charge in [-0.3, -0.25) is 14.4 Å². The largest absolute Gasteiger partial charge is 0.466 e. The fourth-order valence-electron chi connectivity index (χ4n) is 3.80. The van der Waals surface area contributed by atoms with Crippen molar-refractivity contribution >= 4 is 23.0 Å². The molecule has 1 aliphatic rings. The number of nitrogens with zero attached hydrogens (tertiary/aromatic N) is 5. The molecule has 0 spiro atoms. The van der Waals surface area contributed by atoms with Crippen LogP contribution in [0.15, 0.2) is 29.1 Å². The van der Waals surface area contributed by atoms with Gasteiger partial charge in [0.1, 0.15) is 18.1 Å². The molecule has 32 heavy (non-hydrogen) atoms. The Morgan fingerprint density at radius 1 is 1.22 bits per heavy atom. The molecule has 0 unspecified atom stereocenters. The third-order valence-electron chi connectivity index (χ3n) is 5.47. The van der Waals surface area contributed by atoms with Crippen molar-refractivity contribution in [3.8, 4) is 0 Å². The summed E-state index contributed by atoms with van der Waals surface area (Å²) >= 11 is 0. The van der Waals surface area contributed by atoms with Crippen molar-refractivity contribution in [3.05, 3.63) is 51.8 Å². The minimum Gasteiger partial charge on any atom is -0.466 e. The number of H-pyrrole nitrogens is 1. The van der Waals surface area contributed by atoms with Crippen LogP contribution in [0.3, 0.4) is 0 Å². The van der Waals surface area contributed by atoms with Crippen LogP contribution in [-0.4, -0.2) is 61.4 Å². The highest BCUT2D eigenvalue weighted by Crippen LogP contribution is 2.26. The van der Waals surface area contributed by atoms with Crippen molar-refractivity contribution in [1.82, 2.24) is 29.9 Å². The third-order valence-corrected chi connectivity index (χ3v) is 5.47. The van der Waals surface area contributed by atoms with Gasteiger partial charge in [0.25, 0.3) is 5.56 Å². The number of benzene rings is 1. The molecule has 0 aliphatic carbocycles. The zero-order chi connectivity index (χ0) is 22.7. The van der Waals surface area contributed by atoms with E-state index < -0.39 is 5.97 Å². The number of halogens is 1. The smallest absolute Gasteiger partial charge is 0.315 e. The molecule has 168 valence electrons. The average molecular weight is 442 g/mol. The van der Waals surface area contributed by atoms with Crippen LogP contribution in [0.25, 0.3) is 11.2 Å². The lowest BCUT2D eigenvalue weighted by Gasteiger charge is -2.31. The van der Waals surface area contributed by atoms with Crippen LogP contribution < -0.4 is 5.56 Å². The van der Waals surface area contributed by atoms with E-state index in [1.54, 1.807) is 24.0 Å². The lowest BCUT2D eigenvalue weighted by Crippen LogP contribution is -2.39. The number of nitrogens with one attached hydrogen (secondary N) is 1. The average Bonchev–Trinajstić information content (AvgIpc) is 3.19. The summed E-state index contributed by atoms with van der Waals surface area (Å²) in [5.74, 6) is -0.657. The number of fused-ring (bicyclic) bond motifs is 1. The standard InChI is InChI=1S/C21H23FN6O4/c1-2-32-17(30)11-16(29)27-9-7-14(8-10-27)19-23-20-18(21(31)24-19)25-26-28(20)12-13-3-5-15(22)6-4-13/h3-6,14H,2,7-12H2,1H3,(H,23,24,31). The number of ether oxygens (including phenoxy) is 1. The molecular weight excluding hydrogens is 419 g/mol. The highest BCUT2D eigenvalue weighted by molar-refractivity contribution is 5.94. The molecule has 1 saturated heterocycles.